The lowest BCUT2D eigenvalue weighted by atomic mass is 10.1. The fraction of sp³-hybridized carbons (Fsp3) is 0.417. The summed E-state index contributed by atoms with van der Waals surface area (Å²) in [5, 5.41) is 0.753. The van der Waals surface area contributed by atoms with Crippen LogP contribution in [0.5, 0.6) is 5.75 Å². The minimum atomic E-state index is 0. The van der Waals surface area contributed by atoms with Gasteiger partial charge in [-0.05, 0) is 43.6 Å². The van der Waals surface area contributed by atoms with Gasteiger partial charge in [-0.2, -0.15) is 0 Å². The van der Waals surface area contributed by atoms with Gasteiger partial charge in [-0.25, -0.2) is 4.98 Å². The second kappa shape index (κ2) is 12.0. The Labute approximate surface area is 195 Å². The molecule has 0 radical (unpaired) electrons. The molecule has 0 aliphatic carbocycles. The number of benzene rings is 2. The van der Waals surface area contributed by atoms with Gasteiger partial charge in [-0.15, -0.1) is 12.4 Å². The first kappa shape index (κ1) is 25.1. The van der Waals surface area contributed by atoms with E-state index in [1.165, 1.54) is 5.56 Å². The molecule has 0 spiro atoms. The van der Waals surface area contributed by atoms with Crippen LogP contribution in [0.15, 0.2) is 42.5 Å². The first-order valence-electron chi connectivity index (χ1n) is 10.6. The van der Waals surface area contributed by atoms with Crippen molar-refractivity contribution in [2.75, 3.05) is 38.2 Å². The predicted octanol–water partition coefficient (Wildman–Crippen LogP) is 5.34. The molecule has 0 saturated heterocycles. The number of halogens is 1. The van der Waals surface area contributed by atoms with Gasteiger partial charge >= 0.3 is 0 Å². The summed E-state index contributed by atoms with van der Waals surface area (Å²) >= 11 is 1.57. The number of aromatic nitrogens is 1. The van der Waals surface area contributed by atoms with Crippen LogP contribution in [0.25, 0.3) is 10.2 Å². The number of fused-ring (bicyclic) bond motifs is 1. The third-order valence-corrected chi connectivity index (χ3v) is 6.66. The highest BCUT2D eigenvalue weighted by Crippen LogP contribution is 2.36. The Morgan fingerprint density at radius 1 is 1.06 bits per heavy atom. The van der Waals surface area contributed by atoms with E-state index in [0.29, 0.717) is 13.0 Å². The van der Waals surface area contributed by atoms with Crippen LogP contribution in [0.4, 0.5) is 5.13 Å². The van der Waals surface area contributed by atoms with Gasteiger partial charge in [0, 0.05) is 19.5 Å². The maximum absolute atomic E-state index is 13.3. The standard InChI is InChI=1S/C24H31N3O2S.ClH/c1-5-26(6-2)16-17-27(21(28)15-13-19-10-8-7-9-11-19)24-25-22-20(29-4)14-12-18(3)23(22)30-24;/h7-12,14H,5-6,13,15-17H2,1-4H3;1H. The average Bonchev–Trinajstić information content (AvgIpc) is 3.22. The van der Waals surface area contributed by atoms with E-state index in [4.69, 9.17) is 9.72 Å². The minimum absolute atomic E-state index is 0. The molecule has 0 aliphatic rings. The van der Waals surface area contributed by atoms with Crippen LogP contribution in [0, 0.1) is 6.92 Å². The summed E-state index contributed by atoms with van der Waals surface area (Å²) in [7, 11) is 1.66. The molecule has 1 heterocycles. The Hall–Kier alpha value is -2.15. The van der Waals surface area contributed by atoms with Gasteiger partial charge in [0.15, 0.2) is 5.13 Å². The van der Waals surface area contributed by atoms with Gasteiger partial charge in [0.05, 0.1) is 11.8 Å². The number of anilines is 1. The molecule has 2 aromatic carbocycles. The van der Waals surface area contributed by atoms with E-state index in [1.807, 2.05) is 35.2 Å². The second-order valence-corrected chi connectivity index (χ2v) is 8.29. The Morgan fingerprint density at radius 3 is 2.42 bits per heavy atom. The number of hydrogen-bond donors (Lipinski definition) is 0. The topological polar surface area (TPSA) is 45.7 Å². The van der Waals surface area contributed by atoms with Crippen molar-refractivity contribution in [3.63, 3.8) is 0 Å². The van der Waals surface area contributed by atoms with Crippen molar-refractivity contribution in [3.05, 3.63) is 53.6 Å². The Balaban J connectivity index is 0.00000341. The summed E-state index contributed by atoms with van der Waals surface area (Å²) in [5.41, 5.74) is 3.16. The zero-order valence-electron chi connectivity index (χ0n) is 18.8. The molecule has 7 heteroatoms. The van der Waals surface area contributed by atoms with Crippen LogP contribution in [0.2, 0.25) is 0 Å². The fourth-order valence-corrected chi connectivity index (χ4v) is 4.61. The molecule has 0 atom stereocenters. The van der Waals surface area contributed by atoms with E-state index in [2.05, 4.69) is 37.8 Å². The zero-order chi connectivity index (χ0) is 21.5. The molecule has 0 fully saturated rings. The lowest BCUT2D eigenvalue weighted by Crippen LogP contribution is -2.39. The Kier molecular flexibility index (Phi) is 9.75. The van der Waals surface area contributed by atoms with Gasteiger partial charge in [0.1, 0.15) is 11.3 Å². The van der Waals surface area contributed by atoms with Crippen molar-refractivity contribution >= 4 is 45.0 Å². The minimum Gasteiger partial charge on any atom is -0.494 e. The summed E-state index contributed by atoms with van der Waals surface area (Å²) in [4.78, 5) is 22.3. The highest BCUT2D eigenvalue weighted by atomic mass is 35.5. The van der Waals surface area contributed by atoms with Gasteiger partial charge in [0.2, 0.25) is 5.91 Å². The van der Waals surface area contributed by atoms with Crippen LogP contribution in [0.3, 0.4) is 0 Å². The SMILES string of the molecule is CCN(CC)CCN(C(=O)CCc1ccccc1)c1nc2c(OC)ccc(C)c2s1.Cl. The molecule has 1 aromatic heterocycles. The molecular weight excluding hydrogens is 430 g/mol. The number of likely N-dealkylation sites (N-methyl/N-ethyl adjacent to an activating group) is 1. The Bertz CT molecular complexity index is 974. The fourth-order valence-electron chi connectivity index (χ4n) is 3.52. The van der Waals surface area contributed by atoms with Gasteiger partial charge in [-0.1, -0.05) is 61.6 Å². The number of amides is 1. The van der Waals surface area contributed by atoms with Crippen LogP contribution >= 0.6 is 23.7 Å². The molecule has 0 aliphatic heterocycles. The molecule has 31 heavy (non-hydrogen) atoms. The average molecular weight is 462 g/mol. The Morgan fingerprint density at radius 2 is 1.77 bits per heavy atom. The van der Waals surface area contributed by atoms with Gasteiger partial charge in [0.25, 0.3) is 0 Å². The van der Waals surface area contributed by atoms with Crippen molar-refractivity contribution in [1.29, 1.82) is 0 Å². The molecule has 1 amide bonds. The first-order valence-corrected chi connectivity index (χ1v) is 11.4. The maximum Gasteiger partial charge on any atom is 0.229 e. The molecule has 3 rings (SSSR count). The number of methoxy groups -OCH3 is 1. The van der Waals surface area contributed by atoms with Crippen molar-refractivity contribution in [1.82, 2.24) is 9.88 Å². The van der Waals surface area contributed by atoms with Crippen LogP contribution in [0.1, 0.15) is 31.4 Å². The van der Waals surface area contributed by atoms with Gasteiger partial charge < -0.3 is 9.64 Å². The summed E-state index contributed by atoms with van der Waals surface area (Å²) in [6, 6.07) is 14.2. The summed E-state index contributed by atoms with van der Waals surface area (Å²) in [6.07, 6.45) is 1.20. The number of carbonyl (C=O) groups excluding carboxylic acids is 1. The smallest absolute Gasteiger partial charge is 0.229 e. The lowest BCUT2D eigenvalue weighted by molar-refractivity contribution is -0.118. The predicted molar refractivity (Wildman–Crippen MR) is 133 cm³/mol. The van der Waals surface area contributed by atoms with E-state index in [9.17, 15) is 4.79 Å². The molecule has 0 N–H and O–H groups in total. The zero-order valence-corrected chi connectivity index (χ0v) is 20.4. The van der Waals surface area contributed by atoms with Crippen molar-refractivity contribution < 1.29 is 9.53 Å². The summed E-state index contributed by atoms with van der Waals surface area (Å²) in [5.74, 6) is 0.861. The third-order valence-electron chi connectivity index (χ3n) is 5.45. The maximum atomic E-state index is 13.3. The lowest BCUT2D eigenvalue weighted by Gasteiger charge is -2.24. The number of thiazole rings is 1. The van der Waals surface area contributed by atoms with Gasteiger partial charge in [-0.3, -0.25) is 9.69 Å². The monoisotopic (exact) mass is 461 g/mol. The molecular formula is C24H32ClN3O2S. The van der Waals surface area contributed by atoms with Crippen molar-refractivity contribution in [2.24, 2.45) is 0 Å². The number of ether oxygens (including phenoxy) is 1. The van der Waals surface area contributed by atoms with Crippen LogP contribution in [-0.4, -0.2) is 49.1 Å². The van der Waals surface area contributed by atoms with Crippen LogP contribution in [-0.2, 0) is 11.2 Å². The number of hydrogen-bond acceptors (Lipinski definition) is 5. The molecule has 5 nitrogen and oxygen atoms in total. The van der Waals surface area contributed by atoms with E-state index in [1.54, 1.807) is 18.4 Å². The summed E-state index contributed by atoms with van der Waals surface area (Å²) < 4.78 is 6.58. The number of nitrogens with zero attached hydrogens (tertiary/aromatic N) is 3. The van der Waals surface area contributed by atoms with Crippen molar-refractivity contribution in [3.8, 4) is 5.75 Å². The summed E-state index contributed by atoms with van der Waals surface area (Å²) in [6.45, 7) is 9.77. The van der Waals surface area contributed by atoms with E-state index < -0.39 is 0 Å². The second-order valence-electron chi connectivity index (χ2n) is 7.32. The highest BCUT2D eigenvalue weighted by molar-refractivity contribution is 7.22. The number of rotatable bonds is 10. The molecule has 0 bridgehead atoms. The molecule has 0 unspecified atom stereocenters. The quantitative estimate of drug-likeness (QED) is 0.408. The molecule has 3 aromatic rings. The van der Waals surface area contributed by atoms with E-state index in [-0.39, 0.29) is 18.3 Å². The largest absolute Gasteiger partial charge is 0.494 e. The van der Waals surface area contributed by atoms with Crippen LogP contribution < -0.4 is 9.64 Å². The van der Waals surface area contributed by atoms with E-state index >= 15 is 0 Å². The third kappa shape index (κ3) is 6.19. The number of carbonyl (C=O) groups is 1. The van der Waals surface area contributed by atoms with Crippen molar-refractivity contribution in [2.45, 2.75) is 33.6 Å². The first-order chi connectivity index (χ1) is 14.6. The molecule has 168 valence electrons. The highest BCUT2D eigenvalue weighted by Gasteiger charge is 2.22. The normalized spacial score (nSPS) is 10.9. The molecule has 0 saturated carbocycles. The van der Waals surface area contributed by atoms with E-state index in [0.717, 1.165) is 52.7 Å². The number of aryl methyl sites for hydroxylation is 2.